The van der Waals surface area contributed by atoms with Crippen molar-refractivity contribution >= 4 is 22.4 Å². The molecule has 5 nitrogen and oxygen atoms in total. The second-order valence-corrected chi connectivity index (χ2v) is 7.18. The van der Waals surface area contributed by atoms with Crippen LogP contribution in [0.3, 0.4) is 0 Å². The van der Waals surface area contributed by atoms with Crippen molar-refractivity contribution in [2.75, 3.05) is 0 Å². The SMILES string of the molecule is Cn1cc(-c2nc(-c3nc4ccccc4n3C3CCC3)cs2)cn1. The van der Waals surface area contributed by atoms with E-state index in [1.807, 2.05) is 25.5 Å². The van der Waals surface area contributed by atoms with Crippen LogP contribution < -0.4 is 0 Å². The quantitative estimate of drug-likeness (QED) is 0.561. The van der Waals surface area contributed by atoms with Gasteiger partial charge in [0.2, 0.25) is 0 Å². The van der Waals surface area contributed by atoms with E-state index in [9.17, 15) is 0 Å². The Morgan fingerprint density at radius 1 is 1.17 bits per heavy atom. The maximum atomic E-state index is 4.88. The summed E-state index contributed by atoms with van der Waals surface area (Å²) < 4.78 is 4.20. The van der Waals surface area contributed by atoms with Gasteiger partial charge in [-0.1, -0.05) is 12.1 Å². The van der Waals surface area contributed by atoms with Gasteiger partial charge in [0.1, 0.15) is 10.7 Å². The largest absolute Gasteiger partial charge is 0.320 e. The predicted molar refractivity (Wildman–Crippen MR) is 95.9 cm³/mol. The minimum absolute atomic E-state index is 0.552. The molecule has 24 heavy (non-hydrogen) atoms. The molecule has 120 valence electrons. The number of thiazole rings is 1. The molecule has 5 rings (SSSR count). The van der Waals surface area contributed by atoms with E-state index in [2.05, 4.69) is 33.2 Å². The minimum Gasteiger partial charge on any atom is -0.320 e. The second-order valence-electron chi connectivity index (χ2n) is 6.32. The van der Waals surface area contributed by atoms with Crippen molar-refractivity contribution in [3.63, 3.8) is 0 Å². The Balaban J connectivity index is 1.65. The number of imidazole rings is 1. The van der Waals surface area contributed by atoms with Gasteiger partial charge in [-0.25, -0.2) is 9.97 Å². The third kappa shape index (κ3) is 2.10. The van der Waals surface area contributed by atoms with Crippen LogP contribution in [0, 0.1) is 0 Å². The van der Waals surface area contributed by atoms with Crippen LogP contribution in [0.4, 0.5) is 0 Å². The third-order valence-electron chi connectivity index (χ3n) is 4.72. The smallest absolute Gasteiger partial charge is 0.160 e. The van der Waals surface area contributed by atoms with Crippen molar-refractivity contribution in [1.82, 2.24) is 24.3 Å². The topological polar surface area (TPSA) is 48.5 Å². The summed E-state index contributed by atoms with van der Waals surface area (Å²) in [6, 6.07) is 8.94. The average Bonchev–Trinajstić information content (AvgIpc) is 3.24. The lowest BCUT2D eigenvalue weighted by atomic mass is 9.92. The molecule has 3 aromatic heterocycles. The number of hydrogen-bond donors (Lipinski definition) is 0. The normalized spacial score (nSPS) is 15.0. The highest BCUT2D eigenvalue weighted by Crippen LogP contribution is 2.39. The molecule has 0 radical (unpaired) electrons. The van der Waals surface area contributed by atoms with Crippen LogP contribution >= 0.6 is 11.3 Å². The lowest BCUT2D eigenvalue weighted by Gasteiger charge is -2.28. The minimum atomic E-state index is 0.552. The molecule has 1 aliphatic carbocycles. The number of aromatic nitrogens is 5. The molecule has 0 bridgehead atoms. The first kappa shape index (κ1) is 13.9. The van der Waals surface area contributed by atoms with Gasteiger partial charge in [0.05, 0.1) is 17.2 Å². The van der Waals surface area contributed by atoms with Crippen LogP contribution in [0.5, 0.6) is 0 Å². The lowest BCUT2D eigenvalue weighted by Crippen LogP contribution is -2.17. The second kappa shape index (κ2) is 5.27. The fourth-order valence-electron chi connectivity index (χ4n) is 3.28. The van der Waals surface area contributed by atoms with Crippen molar-refractivity contribution in [2.24, 2.45) is 7.05 Å². The Hall–Kier alpha value is -2.47. The first-order valence-electron chi connectivity index (χ1n) is 8.21. The zero-order chi connectivity index (χ0) is 16.1. The molecule has 0 saturated heterocycles. The van der Waals surface area contributed by atoms with E-state index in [0.29, 0.717) is 6.04 Å². The van der Waals surface area contributed by atoms with Gasteiger partial charge >= 0.3 is 0 Å². The molecular formula is C18H17N5S. The van der Waals surface area contributed by atoms with E-state index < -0.39 is 0 Å². The van der Waals surface area contributed by atoms with Crippen molar-refractivity contribution in [3.05, 3.63) is 42.0 Å². The van der Waals surface area contributed by atoms with Crippen LogP contribution in [0.25, 0.3) is 33.1 Å². The van der Waals surface area contributed by atoms with Crippen molar-refractivity contribution < 1.29 is 0 Å². The number of hydrogen-bond acceptors (Lipinski definition) is 4. The molecule has 0 spiro atoms. The van der Waals surface area contributed by atoms with Gasteiger partial charge in [-0.05, 0) is 31.4 Å². The molecule has 0 amide bonds. The van der Waals surface area contributed by atoms with Gasteiger partial charge in [0.25, 0.3) is 0 Å². The maximum Gasteiger partial charge on any atom is 0.160 e. The zero-order valence-electron chi connectivity index (χ0n) is 13.4. The molecule has 1 aromatic carbocycles. The third-order valence-corrected chi connectivity index (χ3v) is 5.61. The summed E-state index contributed by atoms with van der Waals surface area (Å²) in [5.74, 6) is 0.993. The van der Waals surface area contributed by atoms with E-state index in [4.69, 9.17) is 9.97 Å². The summed E-state index contributed by atoms with van der Waals surface area (Å²) in [6.45, 7) is 0. The van der Waals surface area contributed by atoms with E-state index in [1.165, 1.54) is 24.8 Å². The highest BCUT2D eigenvalue weighted by molar-refractivity contribution is 7.13. The zero-order valence-corrected chi connectivity index (χ0v) is 14.2. The molecule has 4 aromatic rings. The lowest BCUT2D eigenvalue weighted by molar-refractivity contribution is 0.323. The first-order valence-corrected chi connectivity index (χ1v) is 9.09. The molecule has 1 fully saturated rings. The molecule has 0 N–H and O–H groups in total. The average molecular weight is 335 g/mol. The molecule has 0 unspecified atom stereocenters. The summed E-state index contributed by atoms with van der Waals surface area (Å²) in [5, 5.41) is 7.34. The van der Waals surface area contributed by atoms with Crippen molar-refractivity contribution in [2.45, 2.75) is 25.3 Å². The van der Waals surface area contributed by atoms with Crippen LogP contribution in [-0.2, 0) is 7.05 Å². The molecule has 1 aliphatic rings. The van der Waals surface area contributed by atoms with Gasteiger partial charge in [0.15, 0.2) is 5.82 Å². The van der Waals surface area contributed by atoms with E-state index in [1.54, 1.807) is 16.0 Å². The predicted octanol–water partition coefficient (Wildman–Crippen LogP) is 4.29. The molecular weight excluding hydrogens is 318 g/mol. The fourth-order valence-corrected chi connectivity index (χ4v) is 4.05. The van der Waals surface area contributed by atoms with Gasteiger partial charge in [-0.3, -0.25) is 4.68 Å². The van der Waals surface area contributed by atoms with E-state index in [0.717, 1.165) is 27.6 Å². The van der Waals surface area contributed by atoms with Crippen molar-refractivity contribution in [1.29, 1.82) is 0 Å². The van der Waals surface area contributed by atoms with Crippen LogP contribution in [-0.4, -0.2) is 24.3 Å². The summed E-state index contributed by atoms with van der Waals surface area (Å²) in [5.41, 5.74) is 4.28. The molecule has 0 atom stereocenters. The van der Waals surface area contributed by atoms with Gasteiger partial charge in [-0.15, -0.1) is 11.3 Å². The van der Waals surface area contributed by atoms with Crippen molar-refractivity contribution in [3.8, 4) is 22.1 Å². The maximum absolute atomic E-state index is 4.88. The number of benzene rings is 1. The van der Waals surface area contributed by atoms with Crippen LogP contribution in [0.2, 0.25) is 0 Å². The number of nitrogens with zero attached hydrogens (tertiary/aromatic N) is 5. The van der Waals surface area contributed by atoms with Gasteiger partial charge in [0, 0.05) is 30.2 Å². The number of rotatable bonds is 3. The van der Waals surface area contributed by atoms with Gasteiger partial charge < -0.3 is 4.57 Å². The van der Waals surface area contributed by atoms with E-state index >= 15 is 0 Å². The monoisotopic (exact) mass is 335 g/mol. The Bertz CT molecular complexity index is 1020. The standard InChI is InChI=1S/C18H17N5S/c1-22-10-12(9-19-22)18-21-15(11-24-18)17-20-14-7-2-3-8-16(14)23(17)13-5-4-6-13/h2-3,7-11,13H,4-6H2,1H3. The highest BCUT2D eigenvalue weighted by Gasteiger charge is 2.26. The summed E-state index contributed by atoms with van der Waals surface area (Å²) in [6.07, 6.45) is 7.61. The number of fused-ring (bicyclic) bond motifs is 1. The summed E-state index contributed by atoms with van der Waals surface area (Å²) in [4.78, 5) is 9.73. The number of aryl methyl sites for hydroxylation is 1. The number of para-hydroxylation sites is 2. The first-order chi connectivity index (χ1) is 11.8. The summed E-state index contributed by atoms with van der Waals surface area (Å²) >= 11 is 1.65. The highest BCUT2D eigenvalue weighted by atomic mass is 32.1. The van der Waals surface area contributed by atoms with Crippen LogP contribution in [0.1, 0.15) is 25.3 Å². The Morgan fingerprint density at radius 3 is 2.79 bits per heavy atom. The molecule has 6 heteroatoms. The molecule has 1 saturated carbocycles. The fraction of sp³-hybridized carbons (Fsp3) is 0.278. The van der Waals surface area contributed by atoms with Gasteiger partial charge in [-0.2, -0.15) is 5.10 Å². The van der Waals surface area contributed by atoms with E-state index in [-0.39, 0.29) is 0 Å². The van der Waals surface area contributed by atoms with Crippen LogP contribution in [0.15, 0.2) is 42.0 Å². The Morgan fingerprint density at radius 2 is 2.04 bits per heavy atom. The molecule has 0 aliphatic heterocycles. The molecule has 3 heterocycles. The Labute approximate surface area is 143 Å². The summed E-state index contributed by atoms with van der Waals surface area (Å²) in [7, 11) is 1.92. The Kier molecular flexibility index (Phi) is 3.06.